The van der Waals surface area contributed by atoms with Crippen molar-refractivity contribution in [3.8, 4) is 0 Å². The Bertz CT molecular complexity index is 353. The van der Waals surface area contributed by atoms with Gasteiger partial charge in [0.15, 0.2) is 6.79 Å². The van der Waals surface area contributed by atoms with Gasteiger partial charge in [-0.2, -0.15) is 8.42 Å². The summed E-state index contributed by atoms with van der Waals surface area (Å²) < 4.78 is 39.6. The maximum Gasteiger partial charge on any atom is 0.402 e. The molecule has 0 aliphatic carbocycles. The minimum atomic E-state index is -3.95. The Labute approximate surface area is 121 Å². The minimum absolute atomic E-state index is 0.121. The van der Waals surface area contributed by atoms with Crippen LogP contribution in [0.25, 0.3) is 0 Å². The topological polar surface area (TPSA) is 71.1 Å². The number of ether oxygens (including phenoxy) is 2. The molecule has 0 aliphatic heterocycles. The molecule has 0 aromatic heterocycles. The lowest BCUT2D eigenvalue weighted by Crippen LogP contribution is -2.12. The van der Waals surface area contributed by atoms with Gasteiger partial charge in [-0.3, -0.25) is 0 Å². The van der Waals surface area contributed by atoms with Gasteiger partial charge in [0.2, 0.25) is 0 Å². The van der Waals surface area contributed by atoms with Gasteiger partial charge in [-0.15, -0.1) is 26.3 Å². The molecule has 0 saturated heterocycles. The van der Waals surface area contributed by atoms with Gasteiger partial charge in [-0.05, 0) is 0 Å². The predicted octanol–water partition coefficient (Wildman–Crippen LogP) is 1.99. The summed E-state index contributed by atoms with van der Waals surface area (Å²) in [4.78, 5) is 0. The molecule has 0 amide bonds. The Morgan fingerprint density at radius 1 is 0.700 bits per heavy atom. The highest BCUT2D eigenvalue weighted by Crippen LogP contribution is 1.95. The van der Waals surface area contributed by atoms with Crippen molar-refractivity contribution in [2.75, 3.05) is 33.2 Å². The van der Waals surface area contributed by atoms with Crippen molar-refractivity contribution in [1.29, 1.82) is 0 Å². The van der Waals surface area contributed by atoms with Crippen LogP contribution in [0.15, 0.2) is 50.6 Å². The molecule has 6 nitrogen and oxygen atoms in total. The van der Waals surface area contributed by atoms with Crippen LogP contribution in [0.4, 0.5) is 0 Å². The average molecular weight is 306 g/mol. The minimum Gasteiger partial charge on any atom is -0.373 e. The first kappa shape index (κ1) is 21.1. The monoisotopic (exact) mass is 306 g/mol. The third-order valence-electron chi connectivity index (χ3n) is 1.31. The van der Waals surface area contributed by atoms with Crippen molar-refractivity contribution in [3.05, 3.63) is 50.6 Å². The summed E-state index contributed by atoms with van der Waals surface area (Å²) in [5.41, 5.74) is 0. The maximum absolute atomic E-state index is 10.8. The summed E-state index contributed by atoms with van der Waals surface area (Å²) in [6.07, 6.45) is 6.19. The standard InChI is InChI=1S/C7H12O5S.C6H10O/c1-3-5-10-7-12-13(8,9)11-6-4-2;1-3-5-7-6-4-2/h3-4H,1-2,5-7H2;3-4H,1-2,5-6H2. The zero-order valence-electron chi connectivity index (χ0n) is 11.5. The molecular formula is C13H22O6S. The van der Waals surface area contributed by atoms with Crippen LogP contribution in [-0.2, 0) is 28.2 Å². The summed E-state index contributed by atoms with van der Waals surface area (Å²) in [5, 5.41) is 0. The Kier molecular flexibility index (Phi) is 16.6. The summed E-state index contributed by atoms with van der Waals surface area (Å²) in [7, 11) is -3.95. The molecule has 20 heavy (non-hydrogen) atoms. The van der Waals surface area contributed by atoms with Crippen LogP contribution >= 0.6 is 0 Å². The summed E-state index contributed by atoms with van der Waals surface area (Å²) in [6.45, 7) is 14.5. The Hall–Kier alpha value is -1.25. The SMILES string of the molecule is C=CCOCC=C.C=CCOCOS(=O)(=O)OCC=C. The molecule has 0 N–H and O–H groups in total. The lowest BCUT2D eigenvalue weighted by Gasteiger charge is -2.03. The number of hydrogen-bond donors (Lipinski definition) is 0. The molecule has 0 spiro atoms. The molecule has 116 valence electrons. The van der Waals surface area contributed by atoms with Crippen LogP contribution in [-0.4, -0.2) is 41.6 Å². The second-order valence-corrected chi connectivity index (χ2v) is 4.28. The molecule has 0 aliphatic rings. The van der Waals surface area contributed by atoms with Crippen molar-refractivity contribution in [2.45, 2.75) is 0 Å². The quantitative estimate of drug-likeness (QED) is 0.312. The van der Waals surface area contributed by atoms with Gasteiger partial charge in [0.05, 0.1) is 26.4 Å². The van der Waals surface area contributed by atoms with Crippen molar-refractivity contribution < 1.29 is 26.3 Å². The third-order valence-corrected chi connectivity index (χ3v) is 2.12. The Balaban J connectivity index is 0. The van der Waals surface area contributed by atoms with Crippen molar-refractivity contribution >= 4 is 10.4 Å². The largest absolute Gasteiger partial charge is 0.402 e. The molecule has 0 fully saturated rings. The van der Waals surface area contributed by atoms with E-state index >= 15 is 0 Å². The van der Waals surface area contributed by atoms with Crippen LogP contribution in [0, 0.1) is 0 Å². The third kappa shape index (κ3) is 19.1. The van der Waals surface area contributed by atoms with Crippen LogP contribution in [0.3, 0.4) is 0 Å². The molecule has 0 radical (unpaired) electrons. The fourth-order valence-electron chi connectivity index (χ4n) is 0.625. The van der Waals surface area contributed by atoms with Gasteiger partial charge in [-0.1, -0.05) is 24.3 Å². The van der Waals surface area contributed by atoms with Gasteiger partial charge < -0.3 is 9.47 Å². The van der Waals surface area contributed by atoms with E-state index in [-0.39, 0.29) is 20.0 Å². The van der Waals surface area contributed by atoms with Crippen molar-refractivity contribution in [1.82, 2.24) is 0 Å². The van der Waals surface area contributed by atoms with Gasteiger partial charge in [-0.25, -0.2) is 8.37 Å². The normalized spacial score (nSPS) is 10.0. The average Bonchev–Trinajstić information content (AvgIpc) is 2.43. The van der Waals surface area contributed by atoms with Crippen LogP contribution in [0.5, 0.6) is 0 Å². The van der Waals surface area contributed by atoms with E-state index in [0.717, 1.165) is 0 Å². The Morgan fingerprint density at radius 3 is 1.60 bits per heavy atom. The highest BCUT2D eigenvalue weighted by Gasteiger charge is 2.09. The van der Waals surface area contributed by atoms with E-state index in [0.29, 0.717) is 13.2 Å². The first-order chi connectivity index (χ1) is 9.54. The van der Waals surface area contributed by atoms with Gasteiger partial charge in [0.1, 0.15) is 0 Å². The van der Waals surface area contributed by atoms with Crippen molar-refractivity contribution in [2.24, 2.45) is 0 Å². The molecule has 0 rings (SSSR count). The molecule has 0 aromatic rings. The Morgan fingerprint density at radius 2 is 1.15 bits per heavy atom. The molecule has 0 aromatic carbocycles. The summed E-state index contributed by atoms with van der Waals surface area (Å²) >= 11 is 0. The van der Waals surface area contributed by atoms with Gasteiger partial charge in [0.25, 0.3) is 0 Å². The molecule has 0 heterocycles. The fraction of sp³-hybridized carbons (Fsp3) is 0.385. The zero-order valence-corrected chi connectivity index (χ0v) is 12.3. The fourth-order valence-corrected chi connectivity index (χ4v) is 1.14. The van der Waals surface area contributed by atoms with E-state index < -0.39 is 10.4 Å². The number of rotatable bonds is 12. The molecule has 0 unspecified atom stereocenters. The predicted molar refractivity (Wildman–Crippen MR) is 78.4 cm³/mol. The van der Waals surface area contributed by atoms with E-state index in [9.17, 15) is 8.42 Å². The smallest absolute Gasteiger partial charge is 0.373 e. The van der Waals surface area contributed by atoms with E-state index in [1.807, 2.05) is 0 Å². The molecule has 7 heteroatoms. The maximum atomic E-state index is 10.8. The van der Waals surface area contributed by atoms with Crippen LogP contribution in [0.2, 0.25) is 0 Å². The second kappa shape index (κ2) is 15.8. The molecule has 0 saturated carbocycles. The summed E-state index contributed by atoms with van der Waals surface area (Å²) in [6, 6.07) is 0. The second-order valence-electron chi connectivity index (χ2n) is 2.99. The first-order valence-electron chi connectivity index (χ1n) is 5.66. The molecule has 0 bridgehead atoms. The zero-order chi connectivity index (χ0) is 15.7. The highest BCUT2D eigenvalue weighted by atomic mass is 32.3. The van der Waals surface area contributed by atoms with E-state index in [2.05, 4.69) is 39.4 Å². The lowest BCUT2D eigenvalue weighted by atomic mass is 10.6. The van der Waals surface area contributed by atoms with Gasteiger partial charge >= 0.3 is 10.4 Å². The van der Waals surface area contributed by atoms with E-state index in [1.54, 1.807) is 12.2 Å². The summed E-state index contributed by atoms with van der Waals surface area (Å²) in [5.74, 6) is 0. The first-order valence-corrected chi connectivity index (χ1v) is 7.00. The molecule has 0 atom stereocenters. The number of hydrogen-bond acceptors (Lipinski definition) is 6. The highest BCUT2D eigenvalue weighted by molar-refractivity contribution is 7.81. The van der Waals surface area contributed by atoms with E-state index in [4.69, 9.17) is 4.74 Å². The van der Waals surface area contributed by atoms with Crippen LogP contribution in [0.1, 0.15) is 0 Å². The lowest BCUT2D eigenvalue weighted by molar-refractivity contribution is 0.0243. The van der Waals surface area contributed by atoms with Crippen LogP contribution < -0.4 is 0 Å². The molecular weight excluding hydrogens is 284 g/mol. The van der Waals surface area contributed by atoms with Gasteiger partial charge in [0, 0.05) is 0 Å². The van der Waals surface area contributed by atoms with E-state index in [1.165, 1.54) is 12.2 Å². The van der Waals surface area contributed by atoms with Crippen molar-refractivity contribution in [3.63, 3.8) is 0 Å².